The van der Waals surface area contributed by atoms with Gasteiger partial charge in [-0.1, -0.05) is 6.07 Å². The van der Waals surface area contributed by atoms with Crippen molar-refractivity contribution < 1.29 is 9.53 Å². The van der Waals surface area contributed by atoms with Gasteiger partial charge in [0, 0.05) is 24.3 Å². The highest BCUT2D eigenvalue weighted by molar-refractivity contribution is 5.95. The van der Waals surface area contributed by atoms with Crippen LogP contribution in [0.1, 0.15) is 29.8 Å². The quantitative estimate of drug-likeness (QED) is 0.771. The molecule has 0 aliphatic carbocycles. The van der Waals surface area contributed by atoms with Crippen molar-refractivity contribution in [3.05, 3.63) is 29.3 Å². The van der Waals surface area contributed by atoms with E-state index < -0.39 is 0 Å². The number of nitrogens with zero attached hydrogens (tertiary/aromatic N) is 1. The summed E-state index contributed by atoms with van der Waals surface area (Å²) in [6, 6.07) is 5.47. The van der Waals surface area contributed by atoms with Crippen molar-refractivity contribution in [1.82, 2.24) is 4.90 Å². The van der Waals surface area contributed by atoms with Crippen LogP contribution in [-0.2, 0) is 4.74 Å². The molecule has 18 heavy (non-hydrogen) atoms. The minimum absolute atomic E-state index is 0.0312. The van der Waals surface area contributed by atoms with Gasteiger partial charge in [-0.15, -0.1) is 0 Å². The molecule has 0 radical (unpaired) electrons. The first-order chi connectivity index (χ1) is 8.47. The standard InChI is InChI=1S/C14H20N2O2/c1-9-4-5-12(6-13(9)15)14(17)16-7-10(2)18-11(3)8-16/h4-6,10-11H,7-8,15H2,1-3H3/t10-,11-/m1/s1. The largest absolute Gasteiger partial charge is 0.398 e. The zero-order valence-electron chi connectivity index (χ0n) is 11.1. The third kappa shape index (κ3) is 2.64. The van der Waals surface area contributed by atoms with E-state index in [1.54, 1.807) is 6.07 Å². The number of carbonyl (C=O) groups is 1. The number of hydrogen-bond donors (Lipinski definition) is 1. The smallest absolute Gasteiger partial charge is 0.254 e. The molecule has 1 heterocycles. The molecule has 1 amide bonds. The summed E-state index contributed by atoms with van der Waals surface area (Å²) in [6.45, 7) is 7.18. The third-order valence-corrected chi connectivity index (χ3v) is 3.23. The summed E-state index contributed by atoms with van der Waals surface area (Å²) in [7, 11) is 0. The molecule has 0 unspecified atom stereocenters. The highest BCUT2D eigenvalue weighted by atomic mass is 16.5. The fourth-order valence-electron chi connectivity index (χ4n) is 2.30. The average Bonchev–Trinajstić information content (AvgIpc) is 2.30. The highest BCUT2D eigenvalue weighted by Crippen LogP contribution is 2.17. The Morgan fingerprint density at radius 1 is 1.33 bits per heavy atom. The van der Waals surface area contributed by atoms with Gasteiger partial charge in [-0.2, -0.15) is 0 Å². The number of ether oxygens (including phenoxy) is 1. The van der Waals surface area contributed by atoms with Crippen LogP contribution in [0.25, 0.3) is 0 Å². The molecular formula is C14H20N2O2. The van der Waals surface area contributed by atoms with E-state index >= 15 is 0 Å². The molecule has 98 valence electrons. The number of benzene rings is 1. The molecular weight excluding hydrogens is 228 g/mol. The average molecular weight is 248 g/mol. The number of anilines is 1. The van der Waals surface area contributed by atoms with Crippen molar-refractivity contribution in [3.8, 4) is 0 Å². The van der Waals surface area contributed by atoms with Crippen molar-refractivity contribution in [1.29, 1.82) is 0 Å². The molecule has 1 aliphatic rings. The van der Waals surface area contributed by atoms with Crippen LogP contribution in [0.2, 0.25) is 0 Å². The van der Waals surface area contributed by atoms with Crippen LogP contribution >= 0.6 is 0 Å². The molecule has 4 nitrogen and oxygen atoms in total. The number of morpholine rings is 1. The van der Waals surface area contributed by atoms with E-state index in [2.05, 4.69) is 0 Å². The van der Waals surface area contributed by atoms with Gasteiger partial charge in [0.1, 0.15) is 0 Å². The van der Waals surface area contributed by atoms with Gasteiger partial charge in [-0.25, -0.2) is 0 Å². The van der Waals surface area contributed by atoms with Crippen LogP contribution in [-0.4, -0.2) is 36.1 Å². The predicted molar refractivity (Wildman–Crippen MR) is 71.5 cm³/mol. The zero-order valence-corrected chi connectivity index (χ0v) is 11.1. The number of nitrogen functional groups attached to an aromatic ring is 1. The van der Waals surface area contributed by atoms with E-state index in [1.165, 1.54) is 0 Å². The Bertz CT molecular complexity index is 449. The van der Waals surface area contributed by atoms with E-state index in [4.69, 9.17) is 10.5 Å². The van der Waals surface area contributed by atoms with Gasteiger partial charge in [-0.05, 0) is 38.5 Å². The van der Waals surface area contributed by atoms with E-state index in [0.717, 1.165) is 5.56 Å². The summed E-state index contributed by atoms with van der Waals surface area (Å²) in [5, 5.41) is 0. The number of rotatable bonds is 1. The van der Waals surface area contributed by atoms with Crippen molar-refractivity contribution in [2.75, 3.05) is 18.8 Å². The topological polar surface area (TPSA) is 55.6 Å². The van der Waals surface area contributed by atoms with Crippen LogP contribution in [0.3, 0.4) is 0 Å². The summed E-state index contributed by atoms with van der Waals surface area (Å²) in [5.74, 6) is 0.0312. The number of hydrogen-bond acceptors (Lipinski definition) is 3. The molecule has 2 rings (SSSR count). The second-order valence-corrected chi connectivity index (χ2v) is 5.04. The van der Waals surface area contributed by atoms with Crippen molar-refractivity contribution in [3.63, 3.8) is 0 Å². The molecule has 0 spiro atoms. The van der Waals surface area contributed by atoms with Crippen LogP contribution < -0.4 is 5.73 Å². The van der Waals surface area contributed by atoms with Crippen molar-refractivity contribution in [2.45, 2.75) is 33.0 Å². The summed E-state index contributed by atoms with van der Waals surface area (Å²) in [4.78, 5) is 14.2. The molecule has 0 saturated carbocycles. The zero-order chi connectivity index (χ0) is 13.3. The monoisotopic (exact) mass is 248 g/mol. The minimum atomic E-state index is 0.0312. The lowest BCUT2D eigenvalue weighted by molar-refractivity contribution is -0.0586. The number of nitrogens with two attached hydrogens (primary N) is 1. The maximum Gasteiger partial charge on any atom is 0.254 e. The Morgan fingerprint density at radius 2 is 1.94 bits per heavy atom. The Kier molecular flexibility index (Phi) is 3.57. The molecule has 0 aromatic heterocycles. The molecule has 1 aliphatic heterocycles. The van der Waals surface area contributed by atoms with Gasteiger partial charge in [0.05, 0.1) is 12.2 Å². The molecule has 4 heteroatoms. The molecule has 1 aromatic rings. The minimum Gasteiger partial charge on any atom is -0.398 e. The first-order valence-corrected chi connectivity index (χ1v) is 6.28. The first kappa shape index (κ1) is 12.9. The Labute approximate surface area is 108 Å². The van der Waals surface area contributed by atoms with Gasteiger partial charge in [0.2, 0.25) is 0 Å². The number of aryl methyl sites for hydroxylation is 1. The molecule has 1 saturated heterocycles. The fourth-order valence-corrected chi connectivity index (χ4v) is 2.30. The third-order valence-electron chi connectivity index (χ3n) is 3.23. The summed E-state index contributed by atoms with van der Waals surface area (Å²) >= 11 is 0. The van der Waals surface area contributed by atoms with Gasteiger partial charge >= 0.3 is 0 Å². The highest BCUT2D eigenvalue weighted by Gasteiger charge is 2.26. The van der Waals surface area contributed by atoms with Gasteiger partial charge in [-0.3, -0.25) is 4.79 Å². The van der Waals surface area contributed by atoms with Crippen molar-refractivity contribution in [2.24, 2.45) is 0 Å². The summed E-state index contributed by atoms with van der Waals surface area (Å²) < 4.78 is 5.63. The van der Waals surface area contributed by atoms with E-state index in [-0.39, 0.29) is 18.1 Å². The molecule has 0 bridgehead atoms. The predicted octanol–water partition coefficient (Wildman–Crippen LogP) is 1.83. The molecule has 2 atom stereocenters. The second-order valence-electron chi connectivity index (χ2n) is 5.04. The van der Waals surface area contributed by atoms with E-state index in [0.29, 0.717) is 24.3 Å². The van der Waals surface area contributed by atoms with E-state index in [9.17, 15) is 4.79 Å². The fraction of sp³-hybridized carbons (Fsp3) is 0.500. The van der Waals surface area contributed by atoms with E-state index in [1.807, 2.05) is 37.8 Å². The first-order valence-electron chi connectivity index (χ1n) is 6.28. The lowest BCUT2D eigenvalue weighted by atomic mass is 10.1. The van der Waals surface area contributed by atoms with Crippen LogP contribution in [0.15, 0.2) is 18.2 Å². The normalized spacial score (nSPS) is 24.1. The number of carbonyl (C=O) groups excluding carboxylic acids is 1. The summed E-state index contributed by atoms with van der Waals surface area (Å²) in [6.07, 6.45) is 0.168. The SMILES string of the molecule is Cc1ccc(C(=O)N2C[C@@H](C)O[C@H](C)C2)cc1N. The second kappa shape index (κ2) is 4.98. The van der Waals surface area contributed by atoms with Crippen LogP contribution in [0, 0.1) is 6.92 Å². The maximum absolute atomic E-state index is 12.4. The molecule has 2 N–H and O–H groups in total. The number of amides is 1. The molecule has 1 aromatic carbocycles. The lowest BCUT2D eigenvalue weighted by Gasteiger charge is -2.35. The molecule has 1 fully saturated rings. The van der Waals surface area contributed by atoms with Crippen molar-refractivity contribution >= 4 is 11.6 Å². The van der Waals surface area contributed by atoms with Gasteiger partial charge < -0.3 is 15.4 Å². The maximum atomic E-state index is 12.4. The van der Waals surface area contributed by atoms with Gasteiger partial charge in [0.25, 0.3) is 5.91 Å². The summed E-state index contributed by atoms with van der Waals surface area (Å²) in [5.41, 5.74) is 8.16. The Balaban J connectivity index is 2.17. The lowest BCUT2D eigenvalue weighted by Crippen LogP contribution is -2.48. The van der Waals surface area contributed by atoms with Crippen LogP contribution in [0.4, 0.5) is 5.69 Å². The Hall–Kier alpha value is -1.55. The van der Waals surface area contributed by atoms with Crippen LogP contribution in [0.5, 0.6) is 0 Å². The van der Waals surface area contributed by atoms with Gasteiger partial charge in [0.15, 0.2) is 0 Å². The Morgan fingerprint density at radius 3 is 2.50 bits per heavy atom.